The zero-order valence-corrected chi connectivity index (χ0v) is 73.5. The lowest BCUT2D eigenvalue weighted by molar-refractivity contribution is -0.277. The molecular formula is C82H133N7O35. The summed E-state index contributed by atoms with van der Waals surface area (Å²) in [5.74, 6) is -10.0. The van der Waals surface area contributed by atoms with Gasteiger partial charge < -0.3 is 128 Å². The fraction of sp³-hybridized carbons (Fsp3) is 0.805. The summed E-state index contributed by atoms with van der Waals surface area (Å²) < 4.78 is 104. The van der Waals surface area contributed by atoms with Crippen LogP contribution >= 0.6 is 0 Å². The minimum absolute atomic E-state index is 0.0461. The van der Waals surface area contributed by atoms with Crippen molar-refractivity contribution in [3.63, 3.8) is 0 Å². The largest absolute Gasteiger partial charge is 0.463 e. The van der Waals surface area contributed by atoms with Crippen LogP contribution in [-0.2, 0) is 162 Å². The fourth-order valence-electron chi connectivity index (χ4n) is 14.3. The van der Waals surface area contributed by atoms with Crippen LogP contribution < -0.4 is 37.2 Å². The summed E-state index contributed by atoms with van der Waals surface area (Å²) in [6.07, 6.45) is -7.76. The lowest BCUT2D eigenvalue weighted by Gasteiger charge is -2.44. The number of amides is 7. The quantitative estimate of drug-likeness (QED) is 0.0243. The lowest BCUT2D eigenvalue weighted by atomic mass is 9.82. The maximum atomic E-state index is 14.1. The monoisotopic (exact) mass is 1780 g/mol. The molecule has 1 saturated carbocycles. The number of rotatable bonds is 58. The third kappa shape index (κ3) is 43.3. The molecule has 0 aromatic heterocycles. The Morgan fingerprint density at radius 1 is 0.290 bits per heavy atom. The first-order chi connectivity index (χ1) is 59.1. The van der Waals surface area contributed by atoms with Gasteiger partial charge in [-0.2, -0.15) is 0 Å². The summed E-state index contributed by atoms with van der Waals surface area (Å²) in [5, 5.41) is 29.1. The highest BCUT2D eigenvalue weighted by Crippen LogP contribution is 2.35. The molecule has 17 atom stereocenters. The SMILES string of the molecule is CC(=O)N[C@H]1[C@H](OCCCCCCNC(=O)CCOC2[C@H](OCCC(=O)NCCCCCCO[C@@H]3O[C@H](COC(C)=O)[C@H](OC(C)=O)[C@H](OC(C)=O)[C@H]3NC(C)=O)CC(C(=O)NCCCCCCO)C[C@H]2OCCC(=O)NCCCCCCO[C@@H]2O[C@H](COC(C)=O)[C@H](OC(C)=O)[C@H](OC(C)=O)[C@H]2NC(C)=O)O[C@H](COC(C)=O)[C@H](OC(C)=O)[C@@H]1OC(C)=O. The van der Waals surface area contributed by atoms with Gasteiger partial charge in [0.2, 0.25) is 41.4 Å². The van der Waals surface area contributed by atoms with Gasteiger partial charge in [0, 0.05) is 161 Å². The van der Waals surface area contributed by atoms with E-state index in [1.807, 2.05) is 0 Å². The Labute approximate surface area is 723 Å². The first-order valence-corrected chi connectivity index (χ1v) is 42.7. The molecular weight excluding hydrogens is 1640 g/mol. The topological polar surface area (TPSA) is 544 Å². The van der Waals surface area contributed by atoms with Crippen molar-refractivity contribution in [3.8, 4) is 0 Å². The maximum Gasteiger partial charge on any atom is 0.303 e. The summed E-state index contributed by atoms with van der Waals surface area (Å²) in [4.78, 5) is 201. The van der Waals surface area contributed by atoms with Crippen molar-refractivity contribution in [1.29, 1.82) is 0 Å². The number of aliphatic hydroxyl groups excluding tert-OH is 1. The molecule has 0 spiro atoms. The number of carbonyl (C=O) groups is 16. The van der Waals surface area contributed by atoms with Crippen LogP contribution in [0.15, 0.2) is 0 Å². The van der Waals surface area contributed by atoms with E-state index in [0.717, 1.165) is 54.4 Å². The number of hydrogen-bond donors (Lipinski definition) is 8. The van der Waals surface area contributed by atoms with Crippen LogP contribution in [0, 0.1) is 5.92 Å². The molecule has 42 nitrogen and oxygen atoms in total. The van der Waals surface area contributed by atoms with Crippen LogP contribution in [0.5, 0.6) is 0 Å². The molecule has 0 aromatic carbocycles. The van der Waals surface area contributed by atoms with E-state index in [0.29, 0.717) is 116 Å². The van der Waals surface area contributed by atoms with Gasteiger partial charge in [-0.05, 0) is 64.2 Å². The van der Waals surface area contributed by atoms with Crippen molar-refractivity contribution >= 4 is 95.1 Å². The summed E-state index contributed by atoms with van der Waals surface area (Å²) in [5.41, 5.74) is 0. The zero-order chi connectivity index (χ0) is 91.6. The van der Waals surface area contributed by atoms with Gasteiger partial charge in [0.15, 0.2) is 55.5 Å². The van der Waals surface area contributed by atoms with Gasteiger partial charge in [-0.25, -0.2) is 0 Å². The van der Waals surface area contributed by atoms with E-state index in [9.17, 15) is 81.8 Å². The van der Waals surface area contributed by atoms with Crippen LogP contribution in [0.3, 0.4) is 0 Å². The van der Waals surface area contributed by atoms with E-state index in [4.69, 9.17) is 85.3 Å². The van der Waals surface area contributed by atoms with Gasteiger partial charge >= 0.3 is 53.7 Å². The normalized spacial score (nSPS) is 25.2. The highest BCUT2D eigenvalue weighted by Gasteiger charge is 2.55. The van der Waals surface area contributed by atoms with Crippen molar-refractivity contribution in [1.82, 2.24) is 37.2 Å². The zero-order valence-electron chi connectivity index (χ0n) is 73.5. The molecule has 4 fully saturated rings. The Morgan fingerprint density at radius 2 is 0.556 bits per heavy atom. The molecule has 4 aliphatic rings. The van der Waals surface area contributed by atoms with Gasteiger partial charge in [-0.3, -0.25) is 76.7 Å². The highest BCUT2D eigenvalue weighted by atomic mass is 16.7. The molecule has 7 amide bonds. The Morgan fingerprint density at radius 3 is 0.831 bits per heavy atom. The second kappa shape index (κ2) is 59.9. The molecule has 4 rings (SSSR count). The minimum atomic E-state index is -1.28. The molecule has 1 aliphatic carbocycles. The van der Waals surface area contributed by atoms with Crippen LogP contribution in [0.25, 0.3) is 0 Å². The minimum Gasteiger partial charge on any atom is -0.463 e. The van der Waals surface area contributed by atoms with Crippen molar-refractivity contribution < 1.29 is 167 Å². The standard InChI is InChI=1S/C82H133N7O35/c1-48(91)87-69-76(119-57(10)100)73(116-54(7)97)63(45-113-51(4)94)122-80(69)110-37-26-18-14-21-32-83-66(103)29-40-107-61-43-60(79(106)86-35-24-13-17-25-36-90)44-62(108-41-30-67(104)84-33-22-15-19-27-38-111-81-70(88-49(2)92)77(120-58(11)101)74(117-55(8)98)64(123-81)46-114-52(5)95)72(61)109-42-31-68(105)85-34-23-16-20-28-39-112-82-71(89-50(3)93)78(121-59(12)102)75(118-56(9)99)65(124-82)47-115-53(6)96/h60-65,69-78,80-82,90H,13-47H2,1-12H3,(H,83,103)(H,84,104)(H,85,105)(H,86,106)(H,87,91)(H,88,92)(H,89,93)/t60?,61-,62-,63-,64-,65-,69-,70-,71-,72?,73+,74+,75+,76-,77-,78-,80-,81-,82-/m1/s1. The molecule has 3 saturated heterocycles. The van der Waals surface area contributed by atoms with Crippen molar-refractivity contribution in [2.24, 2.45) is 5.92 Å². The molecule has 0 radical (unpaired) electrons. The maximum absolute atomic E-state index is 14.1. The predicted molar refractivity (Wildman–Crippen MR) is 429 cm³/mol. The average molecular weight is 1780 g/mol. The number of hydrogen-bond acceptors (Lipinski definition) is 35. The molecule has 0 aromatic rings. The highest BCUT2D eigenvalue weighted by molar-refractivity contribution is 5.80. The van der Waals surface area contributed by atoms with Gasteiger partial charge in [0.05, 0.1) is 32.0 Å². The Balaban J connectivity index is 1.41. The van der Waals surface area contributed by atoms with Crippen LogP contribution in [0.2, 0.25) is 0 Å². The van der Waals surface area contributed by atoms with Crippen molar-refractivity contribution in [3.05, 3.63) is 0 Å². The number of carbonyl (C=O) groups excluding carboxylic acids is 16. The van der Waals surface area contributed by atoms with E-state index in [2.05, 4.69) is 37.2 Å². The Kier molecular flexibility index (Phi) is 51.9. The number of nitrogens with one attached hydrogen (secondary N) is 7. The molecule has 42 heteroatoms. The first kappa shape index (κ1) is 107. The second-order valence-electron chi connectivity index (χ2n) is 30.6. The van der Waals surface area contributed by atoms with Crippen molar-refractivity contribution in [2.45, 2.75) is 328 Å². The van der Waals surface area contributed by atoms with Gasteiger partial charge in [0.1, 0.15) is 62.4 Å². The third-order valence-electron chi connectivity index (χ3n) is 19.7. The third-order valence-corrected chi connectivity index (χ3v) is 19.7. The molecule has 3 aliphatic heterocycles. The predicted octanol–water partition coefficient (Wildman–Crippen LogP) is 1.44. The van der Waals surface area contributed by atoms with Crippen LogP contribution in [-0.4, -0.2) is 303 Å². The van der Waals surface area contributed by atoms with E-state index < -0.39 is 207 Å². The number of esters is 9. The molecule has 3 heterocycles. The Bertz CT molecular complexity index is 3240. The number of ether oxygens (including phenoxy) is 18. The second-order valence-corrected chi connectivity index (χ2v) is 30.6. The summed E-state index contributed by atoms with van der Waals surface area (Å²) in [6.45, 7) is 14.1. The molecule has 0 bridgehead atoms. The fourth-order valence-corrected chi connectivity index (χ4v) is 14.3. The smallest absolute Gasteiger partial charge is 0.303 e. The number of unbranched alkanes of at least 4 members (excludes halogenated alkanes) is 12. The van der Waals surface area contributed by atoms with Crippen LogP contribution in [0.1, 0.15) is 218 Å². The van der Waals surface area contributed by atoms with Crippen LogP contribution in [0.4, 0.5) is 0 Å². The van der Waals surface area contributed by atoms with E-state index >= 15 is 0 Å². The Hall–Kier alpha value is -8.88. The van der Waals surface area contributed by atoms with E-state index in [-0.39, 0.29) is 102 Å². The molecule has 706 valence electrons. The van der Waals surface area contributed by atoms with Gasteiger partial charge in [0.25, 0.3) is 0 Å². The van der Waals surface area contributed by atoms with Crippen molar-refractivity contribution in [2.75, 3.05) is 92.2 Å². The summed E-state index contributed by atoms with van der Waals surface area (Å²) in [6, 6.07) is -3.40. The van der Waals surface area contributed by atoms with Gasteiger partial charge in [-0.15, -0.1) is 0 Å². The first-order valence-electron chi connectivity index (χ1n) is 42.7. The summed E-state index contributed by atoms with van der Waals surface area (Å²) >= 11 is 0. The van der Waals surface area contributed by atoms with Gasteiger partial charge in [-0.1, -0.05) is 51.4 Å². The molecule has 124 heavy (non-hydrogen) atoms. The molecule has 8 N–H and O–H groups in total. The number of aliphatic hydroxyl groups is 1. The average Bonchev–Trinajstić information content (AvgIpc) is 0.794. The van der Waals surface area contributed by atoms with E-state index in [1.54, 1.807) is 0 Å². The lowest BCUT2D eigenvalue weighted by Crippen LogP contribution is -2.66. The summed E-state index contributed by atoms with van der Waals surface area (Å²) in [7, 11) is 0. The van der Waals surface area contributed by atoms with E-state index in [1.165, 1.54) is 41.5 Å². The molecule has 0 unspecified atom stereocenters.